The van der Waals surface area contributed by atoms with Gasteiger partial charge >= 0.3 is 12.1 Å². The molecule has 0 spiro atoms. The number of ether oxygens (including phenoxy) is 3. The second kappa shape index (κ2) is 26.3. The van der Waals surface area contributed by atoms with Gasteiger partial charge in [-0.25, -0.2) is 0 Å². The average molecular weight is 764 g/mol. The summed E-state index contributed by atoms with van der Waals surface area (Å²) >= 11 is 0. The average Bonchev–Trinajstić information content (AvgIpc) is 3.53. The standard InChI is InChI=1S/C34H42F3N5O6.3C2H6/c1-38-33(45)24-8-9-29(31(21-24)46-2)39-13-4-5-26-22-27-28(6-3-7-30(27)42(26)23-34(35,36)37)40-25-10-14-41(15-11-25)16-18-48-20-19-47-17-12-32(43)44;3*1-2/h3,6-9,21-22,25,39-40H,10-20,23H2,1-2H3,(H,38,45)(H,43,44);3*1-2H3. The molecule has 4 N–H and O–H groups in total. The molecular formula is C40H60F3N5O6. The number of anilines is 2. The van der Waals surface area contributed by atoms with Gasteiger partial charge in [-0.2, -0.15) is 13.2 Å². The van der Waals surface area contributed by atoms with Crippen molar-refractivity contribution < 1.29 is 42.1 Å². The summed E-state index contributed by atoms with van der Waals surface area (Å²) in [6.45, 7) is 14.9. The van der Waals surface area contributed by atoms with Crippen LogP contribution in [0.4, 0.5) is 24.5 Å². The maximum Gasteiger partial charge on any atom is 0.406 e. The quantitative estimate of drug-likeness (QED) is 0.0867. The van der Waals surface area contributed by atoms with Crippen molar-refractivity contribution in [1.29, 1.82) is 0 Å². The summed E-state index contributed by atoms with van der Waals surface area (Å²) in [7, 11) is 3.02. The molecule has 2 aromatic carbocycles. The first-order valence-electron chi connectivity index (χ1n) is 18.8. The van der Waals surface area contributed by atoms with Gasteiger partial charge in [0.1, 0.15) is 12.3 Å². The Hall–Kier alpha value is -4.45. The number of hydrogen-bond acceptors (Lipinski definition) is 8. The molecule has 54 heavy (non-hydrogen) atoms. The summed E-state index contributed by atoms with van der Waals surface area (Å²) in [4.78, 5) is 24.7. The molecule has 302 valence electrons. The van der Waals surface area contributed by atoms with Gasteiger partial charge in [0.25, 0.3) is 5.91 Å². The molecule has 3 aromatic rings. The highest BCUT2D eigenvalue weighted by Gasteiger charge is 2.30. The minimum absolute atomic E-state index is 0.0278. The number of amides is 1. The Bertz CT molecular complexity index is 1590. The van der Waals surface area contributed by atoms with Crippen molar-refractivity contribution in [3.05, 3.63) is 53.7 Å². The summed E-state index contributed by atoms with van der Waals surface area (Å²) in [6, 6.07) is 12.1. The third kappa shape index (κ3) is 16.3. The number of carboxylic acid groups (broad SMARTS) is 1. The number of alkyl halides is 3. The molecule has 14 heteroatoms. The fourth-order valence-corrected chi connectivity index (χ4v) is 5.46. The van der Waals surface area contributed by atoms with Crippen LogP contribution in [0.25, 0.3) is 10.9 Å². The lowest BCUT2D eigenvalue weighted by molar-refractivity contribution is -0.140. The number of hydrogen-bond donors (Lipinski definition) is 4. The number of rotatable bonds is 16. The number of halogens is 3. The van der Waals surface area contributed by atoms with E-state index in [-0.39, 0.29) is 37.2 Å². The number of likely N-dealkylation sites (tertiary alicyclic amines) is 1. The molecule has 11 nitrogen and oxygen atoms in total. The van der Waals surface area contributed by atoms with Gasteiger partial charge in [0, 0.05) is 49.4 Å². The van der Waals surface area contributed by atoms with E-state index in [2.05, 4.69) is 32.7 Å². The molecule has 1 aromatic heterocycles. The minimum atomic E-state index is -4.44. The lowest BCUT2D eigenvalue weighted by Gasteiger charge is -2.32. The number of aromatic nitrogens is 1. The molecule has 0 atom stereocenters. The predicted octanol–water partition coefficient (Wildman–Crippen LogP) is 7.50. The highest BCUT2D eigenvalue weighted by Crippen LogP contribution is 2.31. The molecular weight excluding hydrogens is 703 g/mol. The van der Waals surface area contributed by atoms with Gasteiger partial charge in [0.15, 0.2) is 0 Å². The second-order valence-electron chi connectivity index (χ2n) is 11.2. The first kappa shape index (κ1) is 47.6. The highest BCUT2D eigenvalue weighted by atomic mass is 19.4. The van der Waals surface area contributed by atoms with E-state index >= 15 is 0 Å². The molecule has 0 saturated carbocycles. The Morgan fingerprint density at radius 3 is 2.20 bits per heavy atom. The number of nitrogens with one attached hydrogen (secondary N) is 3. The van der Waals surface area contributed by atoms with Crippen molar-refractivity contribution in [2.45, 2.75) is 79.6 Å². The lowest BCUT2D eigenvalue weighted by atomic mass is 10.0. The van der Waals surface area contributed by atoms with Crippen LogP contribution in [-0.2, 0) is 20.8 Å². The lowest BCUT2D eigenvalue weighted by Crippen LogP contribution is -2.40. The smallest absolute Gasteiger partial charge is 0.406 e. The number of carbonyl (C=O) groups is 2. The summed E-state index contributed by atoms with van der Waals surface area (Å²) in [6.07, 6.45) is -2.73. The number of carbonyl (C=O) groups excluding carboxylic acids is 1. The largest absolute Gasteiger partial charge is 0.495 e. The van der Waals surface area contributed by atoms with E-state index in [0.29, 0.717) is 47.7 Å². The molecule has 1 aliphatic rings. The van der Waals surface area contributed by atoms with Gasteiger partial charge < -0.3 is 44.7 Å². The van der Waals surface area contributed by atoms with Crippen LogP contribution in [0.15, 0.2) is 42.5 Å². The highest BCUT2D eigenvalue weighted by molar-refractivity contribution is 5.95. The molecule has 2 heterocycles. The zero-order valence-corrected chi connectivity index (χ0v) is 33.1. The summed E-state index contributed by atoms with van der Waals surface area (Å²) in [5, 5.41) is 18.5. The number of aliphatic carboxylic acids is 1. The van der Waals surface area contributed by atoms with E-state index < -0.39 is 18.7 Å². The maximum absolute atomic E-state index is 13.7. The fourth-order valence-electron chi connectivity index (χ4n) is 5.46. The van der Waals surface area contributed by atoms with Gasteiger partial charge in [-0.1, -0.05) is 53.5 Å². The zero-order chi connectivity index (χ0) is 40.5. The van der Waals surface area contributed by atoms with Gasteiger partial charge in [-0.05, 0) is 55.2 Å². The molecule has 1 saturated heterocycles. The SMILES string of the molecule is CC.CC.CC.CNC(=O)c1ccc(NCC#Cc2cc3c(NC4CCN(CCOCCOCCC(=O)O)CC4)cccc3n2CC(F)(F)F)c(OC)c1. The number of benzene rings is 2. The van der Waals surface area contributed by atoms with Gasteiger partial charge in [0.2, 0.25) is 0 Å². The molecule has 1 fully saturated rings. The van der Waals surface area contributed by atoms with Crippen LogP contribution in [0, 0.1) is 11.8 Å². The van der Waals surface area contributed by atoms with Crippen molar-refractivity contribution >= 4 is 34.2 Å². The van der Waals surface area contributed by atoms with E-state index in [1.54, 1.807) is 36.4 Å². The number of carboxylic acids is 1. The van der Waals surface area contributed by atoms with Crippen molar-refractivity contribution in [2.24, 2.45) is 0 Å². The number of methoxy groups -OCH3 is 1. The normalized spacial score (nSPS) is 12.7. The van der Waals surface area contributed by atoms with Crippen LogP contribution >= 0.6 is 0 Å². The summed E-state index contributed by atoms with van der Waals surface area (Å²) in [5.41, 5.74) is 2.49. The zero-order valence-electron chi connectivity index (χ0n) is 33.1. The molecule has 4 rings (SSSR count). The molecule has 0 unspecified atom stereocenters. The Kier molecular flexibility index (Phi) is 23.2. The molecule has 0 bridgehead atoms. The topological polar surface area (TPSA) is 126 Å². The van der Waals surface area contributed by atoms with Gasteiger partial charge in [0.05, 0.1) is 63.4 Å². The predicted molar refractivity (Wildman–Crippen MR) is 211 cm³/mol. The molecule has 0 radical (unpaired) electrons. The Morgan fingerprint density at radius 2 is 1.59 bits per heavy atom. The van der Waals surface area contributed by atoms with Crippen LogP contribution in [-0.4, -0.2) is 105 Å². The van der Waals surface area contributed by atoms with Crippen LogP contribution < -0.4 is 20.7 Å². The first-order chi connectivity index (χ1) is 26.1. The molecule has 1 amide bonds. The van der Waals surface area contributed by atoms with Crippen LogP contribution in [0.2, 0.25) is 0 Å². The van der Waals surface area contributed by atoms with E-state index in [1.165, 1.54) is 18.7 Å². The summed E-state index contributed by atoms with van der Waals surface area (Å²) in [5.74, 6) is 5.14. The maximum atomic E-state index is 13.7. The van der Waals surface area contributed by atoms with E-state index in [4.69, 9.17) is 19.3 Å². The third-order valence-corrected chi connectivity index (χ3v) is 7.89. The van der Waals surface area contributed by atoms with Gasteiger partial charge in [-0.15, -0.1) is 0 Å². The van der Waals surface area contributed by atoms with E-state index in [9.17, 15) is 22.8 Å². The van der Waals surface area contributed by atoms with E-state index in [1.807, 2.05) is 47.6 Å². The Balaban J connectivity index is 0.00000231. The van der Waals surface area contributed by atoms with Crippen molar-refractivity contribution in [3.8, 4) is 17.6 Å². The van der Waals surface area contributed by atoms with Gasteiger partial charge in [-0.3, -0.25) is 9.59 Å². The van der Waals surface area contributed by atoms with E-state index in [0.717, 1.165) is 38.2 Å². The Morgan fingerprint density at radius 1 is 0.926 bits per heavy atom. The number of fused-ring (bicyclic) bond motifs is 1. The summed E-state index contributed by atoms with van der Waals surface area (Å²) < 4.78 is 58.4. The first-order valence-corrected chi connectivity index (χ1v) is 18.8. The Labute approximate surface area is 318 Å². The van der Waals surface area contributed by atoms with Crippen molar-refractivity contribution in [2.75, 3.05) is 77.4 Å². The second-order valence-corrected chi connectivity index (χ2v) is 11.2. The number of nitrogens with zero attached hydrogens (tertiary/aromatic N) is 2. The number of piperidine rings is 1. The molecule has 1 aliphatic heterocycles. The van der Waals surface area contributed by atoms with Crippen LogP contribution in [0.5, 0.6) is 5.75 Å². The fraction of sp³-hybridized carbons (Fsp3) is 0.550. The van der Waals surface area contributed by atoms with Crippen LogP contribution in [0.1, 0.15) is 76.9 Å². The van der Waals surface area contributed by atoms with Crippen molar-refractivity contribution in [3.63, 3.8) is 0 Å². The monoisotopic (exact) mass is 763 g/mol. The minimum Gasteiger partial charge on any atom is -0.495 e. The third-order valence-electron chi connectivity index (χ3n) is 7.89. The molecule has 0 aliphatic carbocycles. The van der Waals surface area contributed by atoms with Crippen LogP contribution in [0.3, 0.4) is 0 Å². The van der Waals surface area contributed by atoms with Crippen molar-refractivity contribution in [1.82, 2.24) is 14.8 Å².